The van der Waals surface area contributed by atoms with Gasteiger partial charge in [0.05, 0.1) is 5.75 Å². The Balaban J connectivity index is 2.39. The lowest BCUT2D eigenvalue weighted by Crippen LogP contribution is -2.46. The summed E-state index contributed by atoms with van der Waals surface area (Å²) in [5.74, 6) is -0.570. The summed E-state index contributed by atoms with van der Waals surface area (Å²) in [7, 11) is -3.46. The van der Waals surface area contributed by atoms with Gasteiger partial charge in [-0.3, -0.25) is 4.79 Å². The van der Waals surface area contributed by atoms with E-state index in [4.69, 9.17) is 5.73 Å². The molecule has 1 unspecified atom stereocenters. The molecule has 0 bridgehead atoms. The molecule has 1 atom stereocenters. The number of carbonyl (C=O) groups is 1. The van der Waals surface area contributed by atoms with E-state index in [2.05, 4.69) is 6.07 Å². The number of nitrogens with zero attached hydrogens (tertiary/aromatic N) is 1. The van der Waals surface area contributed by atoms with Gasteiger partial charge in [0.2, 0.25) is 15.9 Å². The largest absolute Gasteiger partial charge is 0.368 e. The monoisotopic (exact) mass is 295 g/mol. The van der Waals surface area contributed by atoms with Crippen molar-refractivity contribution in [1.29, 1.82) is 0 Å². The van der Waals surface area contributed by atoms with Crippen molar-refractivity contribution >= 4 is 15.9 Å². The van der Waals surface area contributed by atoms with Crippen LogP contribution < -0.4 is 5.73 Å². The molecule has 1 radical (unpaired) electrons. The predicted molar refractivity (Wildman–Crippen MR) is 76.3 cm³/mol. The number of fused-ring (bicyclic) bond motifs is 1. The third kappa shape index (κ3) is 2.86. The SMILES string of the molecule is CCCCS(=O)(=O)N1CCc2c[c]ccc2C1C(N)=O. The minimum atomic E-state index is -3.46. The smallest absolute Gasteiger partial charge is 0.240 e. The van der Waals surface area contributed by atoms with Gasteiger partial charge in [0.25, 0.3) is 0 Å². The van der Waals surface area contributed by atoms with Crippen LogP contribution in [-0.4, -0.2) is 30.9 Å². The van der Waals surface area contributed by atoms with Gasteiger partial charge in [0.15, 0.2) is 0 Å². The van der Waals surface area contributed by atoms with Gasteiger partial charge >= 0.3 is 0 Å². The second kappa shape index (κ2) is 5.93. The Morgan fingerprint density at radius 3 is 2.95 bits per heavy atom. The first-order valence-corrected chi connectivity index (χ1v) is 8.36. The van der Waals surface area contributed by atoms with Gasteiger partial charge in [-0.05, 0) is 30.0 Å². The average Bonchev–Trinajstić information content (AvgIpc) is 2.43. The normalized spacial score (nSPS) is 19.6. The minimum Gasteiger partial charge on any atom is -0.368 e. The van der Waals surface area contributed by atoms with E-state index in [1.807, 2.05) is 6.92 Å². The van der Waals surface area contributed by atoms with Gasteiger partial charge in [0.1, 0.15) is 6.04 Å². The predicted octanol–water partition coefficient (Wildman–Crippen LogP) is 1.00. The molecule has 0 saturated carbocycles. The zero-order valence-electron chi connectivity index (χ0n) is 11.5. The van der Waals surface area contributed by atoms with Gasteiger partial charge in [-0.2, -0.15) is 4.31 Å². The Morgan fingerprint density at radius 1 is 1.55 bits per heavy atom. The van der Waals surface area contributed by atoms with Crippen LogP contribution in [0.1, 0.15) is 36.9 Å². The molecule has 1 aromatic carbocycles. The highest BCUT2D eigenvalue weighted by atomic mass is 32.2. The first-order chi connectivity index (χ1) is 9.47. The zero-order valence-corrected chi connectivity index (χ0v) is 12.3. The van der Waals surface area contributed by atoms with Crippen molar-refractivity contribution in [1.82, 2.24) is 4.31 Å². The Kier molecular flexibility index (Phi) is 4.45. The van der Waals surface area contributed by atoms with E-state index in [0.29, 0.717) is 24.9 Å². The van der Waals surface area contributed by atoms with Crippen molar-refractivity contribution in [2.75, 3.05) is 12.3 Å². The Labute approximate surface area is 119 Å². The van der Waals surface area contributed by atoms with Gasteiger partial charge in [-0.15, -0.1) is 0 Å². The van der Waals surface area contributed by atoms with Crippen molar-refractivity contribution in [3.8, 4) is 0 Å². The third-order valence-corrected chi connectivity index (χ3v) is 5.47. The first-order valence-electron chi connectivity index (χ1n) is 6.75. The van der Waals surface area contributed by atoms with E-state index in [0.717, 1.165) is 12.0 Å². The molecule has 20 heavy (non-hydrogen) atoms. The van der Waals surface area contributed by atoms with E-state index in [1.165, 1.54) is 4.31 Å². The number of carbonyl (C=O) groups excluding carboxylic acids is 1. The molecular weight excluding hydrogens is 276 g/mol. The fourth-order valence-corrected chi connectivity index (χ4v) is 4.31. The van der Waals surface area contributed by atoms with Crippen LogP contribution in [0.15, 0.2) is 18.2 Å². The molecule has 0 aromatic heterocycles. The summed E-state index contributed by atoms with van der Waals surface area (Å²) in [4.78, 5) is 11.8. The Morgan fingerprint density at radius 2 is 2.30 bits per heavy atom. The maximum atomic E-state index is 12.4. The molecule has 2 N–H and O–H groups in total. The van der Waals surface area contributed by atoms with Crippen molar-refractivity contribution in [2.45, 2.75) is 32.2 Å². The lowest BCUT2D eigenvalue weighted by atomic mass is 9.94. The summed E-state index contributed by atoms with van der Waals surface area (Å²) in [6.07, 6.45) is 1.96. The Bertz CT molecular complexity index is 598. The molecule has 0 spiro atoms. The van der Waals surface area contributed by atoms with Gasteiger partial charge in [-0.1, -0.05) is 31.5 Å². The lowest BCUT2D eigenvalue weighted by Gasteiger charge is -2.34. The number of hydrogen-bond acceptors (Lipinski definition) is 3. The summed E-state index contributed by atoms with van der Waals surface area (Å²) in [6, 6.07) is 7.25. The van der Waals surface area contributed by atoms with Crippen LogP contribution in [0.25, 0.3) is 0 Å². The Hall–Kier alpha value is -1.40. The molecule has 1 aromatic rings. The van der Waals surface area contributed by atoms with Gasteiger partial charge in [0, 0.05) is 6.54 Å². The van der Waals surface area contributed by atoms with Crippen LogP contribution in [-0.2, 0) is 21.2 Å². The molecule has 1 aliphatic heterocycles. The number of sulfonamides is 1. The second-order valence-electron chi connectivity index (χ2n) is 4.96. The average molecular weight is 295 g/mol. The number of benzene rings is 1. The number of amides is 1. The number of primary amides is 1. The molecule has 6 heteroatoms. The van der Waals surface area contributed by atoms with E-state index in [1.54, 1.807) is 18.2 Å². The molecule has 0 fully saturated rings. The molecule has 2 rings (SSSR count). The molecule has 5 nitrogen and oxygen atoms in total. The van der Waals surface area contributed by atoms with E-state index < -0.39 is 22.0 Å². The van der Waals surface area contributed by atoms with Crippen molar-refractivity contribution in [3.05, 3.63) is 35.4 Å². The van der Waals surface area contributed by atoms with Crippen LogP contribution in [0.3, 0.4) is 0 Å². The highest BCUT2D eigenvalue weighted by molar-refractivity contribution is 7.89. The molecular formula is C14H19N2O3S. The van der Waals surface area contributed by atoms with Crippen molar-refractivity contribution in [2.24, 2.45) is 5.73 Å². The standard InChI is InChI=1S/C14H19N2O3S/c1-2-3-10-20(18,19)16-9-8-11-6-4-5-7-12(11)13(16)14(15)17/h5-7,13H,2-3,8-10H2,1H3,(H2,15,17). The van der Waals surface area contributed by atoms with E-state index in [9.17, 15) is 13.2 Å². The van der Waals surface area contributed by atoms with Crippen molar-refractivity contribution < 1.29 is 13.2 Å². The van der Waals surface area contributed by atoms with Gasteiger partial charge < -0.3 is 5.73 Å². The fourth-order valence-electron chi connectivity index (χ4n) is 2.51. The number of nitrogens with two attached hydrogens (primary N) is 1. The highest BCUT2D eigenvalue weighted by Crippen LogP contribution is 2.31. The number of rotatable bonds is 5. The first kappa shape index (κ1) is 15.0. The maximum Gasteiger partial charge on any atom is 0.240 e. The van der Waals surface area contributed by atoms with Crippen LogP contribution >= 0.6 is 0 Å². The maximum absolute atomic E-state index is 12.4. The minimum absolute atomic E-state index is 0.0571. The third-order valence-electron chi connectivity index (χ3n) is 3.55. The topological polar surface area (TPSA) is 80.5 Å². The van der Waals surface area contributed by atoms with Crippen LogP contribution in [0.5, 0.6) is 0 Å². The number of hydrogen-bond donors (Lipinski definition) is 1. The molecule has 1 aliphatic rings. The summed E-state index contributed by atoms with van der Waals surface area (Å²) in [5, 5.41) is 0. The van der Waals surface area contributed by atoms with Crippen LogP contribution in [0, 0.1) is 6.07 Å². The number of unbranched alkanes of at least 4 members (excludes halogenated alkanes) is 1. The van der Waals surface area contributed by atoms with E-state index >= 15 is 0 Å². The van der Waals surface area contributed by atoms with Crippen LogP contribution in [0.4, 0.5) is 0 Å². The summed E-state index contributed by atoms with van der Waals surface area (Å²) >= 11 is 0. The molecule has 0 saturated heterocycles. The highest BCUT2D eigenvalue weighted by Gasteiger charge is 2.38. The second-order valence-corrected chi connectivity index (χ2v) is 7.00. The van der Waals surface area contributed by atoms with Crippen LogP contribution in [0.2, 0.25) is 0 Å². The zero-order chi connectivity index (χ0) is 14.8. The fraction of sp³-hybridized carbons (Fsp3) is 0.500. The van der Waals surface area contributed by atoms with Crippen molar-refractivity contribution in [3.63, 3.8) is 0 Å². The van der Waals surface area contributed by atoms with Gasteiger partial charge in [-0.25, -0.2) is 8.42 Å². The quantitative estimate of drug-likeness (QED) is 0.880. The van der Waals surface area contributed by atoms with E-state index in [-0.39, 0.29) is 5.75 Å². The summed E-state index contributed by atoms with van der Waals surface area (Å²) < 4.78 is 26.0. The lowest BCUT2D eigenvalue weighted by molar-refractivity contribution is -0.122. The molecule has 109 valence electrons. The summed E-state index contributed by atoms with van der Waals surface area (Å²) in [6.45, 7) is 2.23. The molecule has 0 aliphatic carbocycles. The summed E-state index contributed by atoms with van der Waals surface area (Å²) in [5.41, 5.74) is 7.07. The molecule has 1 amide bonds. The molecule has 1 heterocycles.